The molecule has 0 aliphatic carbocycles. The van der Waals surface area contributed by atoms with E-state index in [-0.39, 0.29) is 16.9 Å². The second-order valence-corrected chi connectivity index (χ2v) is 10.2. The maximum atomic E-state index is 11.2. The molecule has 0 saturated carbocycles. The second kappa shape index (κ2) is 8.00. The third kappa shape index (κ3) is 4.50. The lowest BCUT2D eigenvalue weighted by Gasteiger charge is -2.16. The highest BCUT2D eigenvalue weighted by Crippen LogP contribution is 2.41. The lowest BCUT2D eigenvalue weighted by Crippen LogP contribution is -2.28. The maximum Gasteiger partial charge on any atom is 0.265 e. The third-order valence-corrected chi connectivity index (χ3v) is 6.70. The first-order valence-corrected chi connectivity index (χ1v) is 11.7. The van der Waals surface area contributed by atoms with E-state index in [0.29, 0.717) is 13.0 Å². The Balaban J connectivity index is 2.06. The van der Waals surface area contributed by atoms with E-state index < -0.39 is 10.1 Å². The van der Waals surface area contributed by atoms with Crippen molar-refractivity contribution in [2.75, 3.05) is 12.3 Å². The molecule has 0 amide bonds. The van der Waals surface area contributed by atoms with Gasteiger partial charge in [0, 0.05) is 29.7 Å². The van der Waals surface area contributed by atoms with Crippen molar-refractivity contribution >= 4 is 27.6 Å². The fourth-order valence-electron chi connectivity index (χ4n) is 4.06. The largest absolute Gasteiger partial charge is 0.507 e. The van der Waals surface area contributed by atoms with Gasteiger partial charge in [-0.2, -0.15) is 13.0 Å². The average molecular weight is 429 g/mol. The Morgan fingerprint density at radius 2 is 1.70 bits per heavy atom. The first-order chi connectivity index (χ1) is 13.9. The summed E-state index contributed by atoms with van der Waals surface area (Å²) in [5, 5.41) is 10.4. The molecule has 0 unspecified atom stereocenters. The van der Waals surface area contributed by atoms with Crippen molar-refractivity contribution in [1.29, 1.82) is 0 Å². The summed E-state index contributed by atoms with van der Waals surface area (Å²) in [6.45, 7) is 10.8. The van der Waals surface area contributed by atoms with Gasteiger partial charge in [0.25, 0.3) is 10.1 Å². The van der Waals surface area contributed by atoms with Crippen LogP contribution in [0.5, 0.6) is 5.75 Å². The zero-order valence-electron chi connectivity index (χ0n) is 18.2. The Kier molecular flexibility index (Phi) is 5.94. The summed E-state index contributed by atoms with van der Waals surface area (Å²) >= 11 is 0. The van der Waals surface area contributed by atoms with Gasteiger partial charge in [-0.3, -0.25) is 4.55 Å². The minimum Gasteiger partial charge on any atom is -0.507 e. The number of phenolic OH excluding ortho intramolecular Hbond substituents is 1. The van der Waals surface area contributed by atoms with Crippen LogP contribution in [0.1, 0.15) is 48.1 Å². The molecule has 0 atom stereocenters. The van der Waals surface area contributed by atoms with Crippen LogP contribution >= 0.6 is 0 Å². The van der Waals surface area contributed by atoms with Crippen LogP contribution in [0, 0.1) is 20.8 Å². The first kappa shape index (κ1) is 22.2. The van der Waals surface area contributed by atoms with Gasteiger partial charge in [-0.15, -0.1) is 0 Å². The molecule has 2 N–H and O–H groups in total. The van der Waals surface area contributed by atoms with Crippen LogP contribution in [-0.4, -0.2) is 40.7 Å². The molecule has 1 aliphatic rings. The van der Waals surface area contributed by atoms with Crippen LogP contribution in [0.2, 0.25) is 0 Å². The van der Waals surface area contributed by atoms with Crippen molar-refractivity contribution in [2.24, 2.45) is 0 Å². The topological polar surface area (TPSA) is 77.6 Å². The number of aryl methyl sites for hydroxylation is 3. The molecular weight excluding hydrogens is 398 g/mol. The molecule has 0 bridgehead atoms. The van der Waals surface area contributed by atoms with Gasteiger partial charge in [-0.05, 0) is 70.0 Å². The number of hydrogen-bond donors (Lipinski definition) is 2. The van der Waals surface area contributed by atoms with E-state index in [1.807, 2.05) is 38.1 Å². The summed E-state index contributed by atoms with van der Waals surface area (Å²) in [6, 6.07) is 10.0. The van der Waals surface area contributed by atoms with Crippen LogP contribution < -0.4 is 0 Å². The average Bonchev–Trinajstić information content (AvgIpc) is 2.83. The van der Waals surface area contributed by atoms with E-state index in [4.69, 9.17) is 4.55 Å². The lowest BCUT2D eigenvalue weighted by atomic mass is 9.80. The van der Waals surface area contributed by atoms with E-state index in [9.17, 15) is 13.5 Å². The first-order valence-electron chi connectivity index (χ1n) is 10.1. The van der Waals surface area contributed by atoms with Crippen molar-refractivity contribution < 1.29 is 22.7 Å². The summed E-state index contributed by atoms with van der Waals surface area (Å²) < 4.78 is 33.6. The number of allylic oxidation sites excluding steroid dienone is 1. The van der Waals surface area contributed by atoms with Crippen LogP contribution in [0.25, 0.3) is 6.08 Å². The van der Waals surface area contributed by atoms with Gasteiger partial charge in [0.1, 0.15) is 12.3 Å². The smallest absolute Gasteiger partial charge is 0.265 e. The van der Waals surface area contributed by atoms with Gasteiger partial charge in [0.15, 0.2) is 5.71 Å². The van der Waals surface area contributed by atoms with Gasteiger partial charge in [-0.25, -0.2) is 0 Å². The monoisotopic (exact) mass is 428 g/mol. The van der Waals surface area contributed by atoms with Crippen LogP contribution in [0.3, 0.4) is 0 Å². The molecule has 2 aromatic rings. The fourth-order valence-corrected chi connectivity index (χ4v) is 4.55. The Hall–Kier alpha value is -2.44. The Morgan fingerprint density at radius 1 is 1.03 bits per heavy atom. The summed E-state index contributed by atoms with van der Waals surface area (Å²) in [6.07, 6.45) is 4.23. The molecule has 160 valence electrons. The molecule has 30 heavy (non-hydrogen) atoms. The summed E-state index contributed by atoms with van der Waals surface area (Å²) in [4.78, 5) is 0. The van der Waals surface area contributed by atoms with Gasteiger partial charge in [-0.1, -0.05) is 11.6 Å². The molecule has 3 rings (SSSR count). The SMILES string of the molecule is Cc1ccc2c(c1)C(C)(C)C(/C=C/c1cc(C)c(C)cc1O)=[N+]2CCCS(=O)(=O)O. The molecule has 5 nitrogen and oxygen atoms in total. The summed E-state index contributed by atoms with van der Waals surface area (Å²) in [5.41, 5.74) is 7.01. The molecule has 0 fully saturated rings. The molecule has 1 aliphatic heterocycles. The fraction of sp³-hybridized carbons (Fsp3) is 0.375. The Bertz CT molecular complexity index is 1160. The number of hydrogen-bond acceptors (Lipinski definition) is 3. The number of benzene rings is 2. The van der Waals surface area contributed by atoms with E-state index in [1.54, 1.807) is 6.07 Å². The van der Waals surface area contributed by atoms with Gasteiger partial charge in [0.05, 0.1) is 11.2 Å². The highest BCUT2D eigenvalue weighted by molar-refractivity contribution is 7.85. The zero-order chi connectivity index (χ0) is 22.3. The Labute approximate surface area is 179 Å². The van der Waals surface area contributed by atoms with Crippen molar-refractivity contribution in [1.82, 2.24) is 0 Å². The second-order valence-electron chi connectivity index (χ2n) is 8.65. The molecule has 1 heterocycles. The standard InChI is InChI=1S/C24H29NO4S/c1-16-7-9-21-20(13-16)24(4,5)23(25(21)11-6-12-30(27,28)29)10-8-19-14-17(2)18(3)15-22(19)26/h7-10,13-15H,6,11-12H2,1-5H3,(H,27,28,29)/p+1. The Morgan fingerprint density at radius 3 is 2.37 bits per heavy atom. The summed E-state index contributed by atoms with van der Waals surface area (Å²) in [7, 11) is -4.00. The van der Waals surface area contributed by atoms with Crippen molar-refractivity contribution in [3.63, 3.8) is 0 Å². The maximum absolute atomic E-state index is 11.2. The van der Waals surface area contributed by atoms with Crippen molar-refractivity contribution in [3.05, 3.63) is 64.2 Å². The molecule has 6 heteroatoms. The zero-order valence-corrected chi connectivity index (χ0v) is 19.0. The van der Waals surface area contributed by atoms with Crippen LogP contribution in [0.15, 0.2) is 36.4 Å². The molecule has 0 spiro atoms. The van der Waals surface area contributed by atoms with Gasteiger partial charge >= 0.3 is 0 Å². The predicted octanol–water partition coefficient (Wildman–Crippen LogP) is 4.68. The van der Waals surface area contributed by atoms with Crippen LogP contribution in [-0.2, 0) is 15.5 Å². The van der Waals surface area contributed by atoms with E-state index in [1.165, 1.54) is 5.56 Å². The van der Waals surface area contributed by atoms with Gasteiger partial charge in [0.2, 0.25) is 5.69 Å². The number of nitrogens with zero attached hydrogens (tertiary/aromatic N) is 1. The molecule has 0 radical (unpaired) electrons. The summed E-state index contributed by atoms with van der Waals surface area (Å²) in [5.74, 6) is -0.0443. The minimum absolute atomic E-state index is 0.233. The van der Waals surface area contributed by atoms with Crippen LogP contribution in [0.4, 0.5) is 5.69 Å². The molecule has 2 aromatic carbocycles. The van der Waals surface area contributed by atoms with E-state index in [2.05, 4.69) is 37.5 Å². The number of aromatic hydroxyl groups is 1. The van der Waals surface area contributed by atoms with Gasteiger partial charge < -0.3 is 5.11 Å². The molecule has 0 saturated heterocycles. The number of fused-ring (bicyclic) bond motifs is 1. The minimum atomic E-state index is -4.00. The van der Waals surface area contributed by atoms with E-state index in [0.717, 1.165) is 33.7 Å². The normalized spacial score (nSPS) is 15.8. The molecular formula is C24H30NO4S+. The van der Waals surface area contributed by atoms with Crippen molar-refractivity contribution in [2.45, 2.75) is 46.5 Å². The lowest BCUT2D eigenvalue weighted by molar-refractivity contribution is -0.437. The van der Waals surface area contributed by atoms with Crippen molar-refractivity contribution in [3.8, 4) is 5.75 Å². The highest BCUT2D eigenvalue weighted by atomic mass is 32.2. The number of phenols is 1. The quantitative estimate of drug-likeness (QED) is 0.517. The number of rotatable bonds is 6. The van der Waals surface area contributed by atoms with E-state index >= 15 is 0 Å². The predicted molar refractivity (Wildman–Crippen MR) is 122 cm³/mol. The molecule has 0 aromatic heterocycles. The third-order valence-electron chi connectivity index (χ3n) is 5.90. The highest BCUT2D eigenvalue weighted by Gasteiger charge is 2.44.